The van der Waals surface area contributed by atoms with Gasteiger partial charge in [-0.15, -0.1) is 0 Å². The van der Waals surface area contributed by atoms with E-state index in [9.17, 15) is 10.2 Å². The lowest BCUT2D eigenvalue weighted by Gasteiger charge is -2.20. The van der Waals surface area contributed by atoms with Gasteiger partial charge < -0.3 is 24.8 Å². The van der Waals surface area contributed by atoms with Crippen LogP contribution >= 0.6 is 0 Å². The first-order valence-electron chi connectivity index (χ1n) is 7.31. The molecule has 0 bridgehead atoms. The van der Waals surface area contributed by atoms with Gasteiger partial charge in [-0.25, -0.2) is 0 Å². The number of aliphatic hydroxyl groups excluding tert-OH is 3. The summed E-state index contributed by atoms with van der Waals surface area (Å²) in [4.78, 5) is 0. The third-order valence-electron chi connectivity index (χ3n) is 4.33. The van der Waals surface area contributed by atoms with Crippen LogP contribution in [0.3, 0.4) is 0 Å². The fourth-order valence-corrected chi connectivity index (χ4v) is 2.81. The second kappa shape index (κ2) is 5.85. The largest absolute Gasteiger partial charge is 0.462 e. The summed E-state index contributed by atoms with van der Waals surface area (Å²) in [5.74, 6) is 0.603. The van der Waals surface area contributed by atoms with Crippen LogP contribution in [-0.2, 0) is 4.74 Å². The minimum absolute atomic E-state index is 0.367. The standard InChI is InChI=1S/C17H20O5/c1-9-10(2)13(7-11-5-3-4-6-12(9)11)21-17-16(20)15(19)14(8-18)22-17/h3-7,14-20H,8H2,1-2H3/t14-,15-,16-,17?/m1/s1. The van der Waals surface area contributed by atoms with E-state index in [1.165, 1.54) is 0 Å². The lowest BCUT2D eigenvalue weighted by atomic mass is 10.00. The van der Waals surface area contributed by atoms with Gasteiger partial charge in [0.2, 0.25) is 6.29 Å². The van der Waals surface area contributed by atoms with Crippen LogP contribution in [0.1, 0.15) is 11.1 Å². The molecule has 5 nitrogen and oxygen atoms in total. The van der Waals surface area contributed by atoms with Gasteiger partial charge in [-0.05, 0) is 41.8 Å². The molecule has 5 heteroatoms. The summed E-state index contributed by atoms with van der Waals surface area (Å²) in [7, 11) is 0. The minimum Gasteiger partial charge on any atom is -0.462 e. The van der Waals surface area contributed by atoms with Crippen molar-refractivity contribution in [3.05, 3.63) is 41.5 Å². The summed E-state index contributed by atoms with van der Waals surface area (Å²) in [5, 5.41) is 31.1. The fourth-order valence-electron chi connectivity index (χ4n) is 2.81. The molecular weight excluding hydrogens is 284 g/mol. The lowest BCUT2D eigenvalue weighted by Crippen LogP contribution is -2.35. The van der Waals surface area contributed by atoms with Crippen LogP contribution in [-0.4, -0.2) is 46.5 Å². The van der Waals surface area contributed by atoms with Gasteiger partial charge in [0, 0.05) is 0 Å². The van der Waals surface area contributed by atoms with E-state index >= 15 is 0 Å². The molecule has 2 aromatic carbocycles. The van der Waals surface area contributed by atoms with Gasteiger partial charge in [-0.3, -0.25) is 0 Å². The second-order valence-electron chi connectivity index (χ2n) is 5.67. The van der Waals surface area contributed by atoms with E-state index in [-0.39, 0.29) is 6.61 Å². The number of rotatable bonds is 3. The Balaban J connectivity index is 1.93. The van der Waals surface area contributed by atoms with Crippen molar-refractivity contribution < 1.29 is 24.8 Å². The van der Waals surface area contributed by atoms with Gasteiger partial charge in [0.25, 0.3) is 0 Å². The molecule has 0 amide bonds. The molecule has 1 fully saturated rings. The first-order chi connectivity index (χ1) is 10.5. The van der Waals surface area contributed by atoms with E-state index in [2.05, 4.69) is 0 Å². The number of fused-ring (bicyclic) bond motifs is 1. The number of ether oxygens (including phenoxy) is 2. The van der Waals surface area contributed by atoms with Gasteiger partial charge in [-0.2, -0.15) is 0 Å². The maximum Gasteiger partial charge on any atom is 0.229 e. The molecule has 3 rings (SSSR count). The molecule has 3 N–H and O–H groups in total. The Labute approximate surface area is 128 Å². The predicted molar refractivity (Wildman–Crippen MR) is 81.8 cm³/mol. The molecule has 1 aliphatic rings. The topological polar surface area (TPSA) is 79.2 Å². The number of hydrogen-bond donors (Lipinski definition) is 3. The normalized spacial score (nSPS) is 28.2. The summed E-state index contributed by atoms with van der Waals surface area (Å²) in [6.07, 6.45) is -4.17. The van der Waals surface area contributed by atoms with Crippen LogP contribution in [0.2, 0.25) is 0 Å². The van der Waals surface area contributed by atoms with Crippen molar-refractivity contribution in [1.29, 1.82) is 0 Å². The zero-order valence-electron chi connectivity index (χ0n) is 12.6. The molecule has 1 heterocycles. The summed E-state index contributed by atoms with van der Waals surface area (Å²) in [6.45, 7) is 3.59. The van der Waals surface area contributed by atoms with E-state index in [0.717, 1.165) is 21.9 Å². The maximum atomic E-state index is 9.98. The third-order valence-corrected chi connectivity index (χ3v) is 4.33. The number of aliphatic hydroxyl groups is 3. The summed E-state index contributed by atoms with van der Waals surface area (Å²) < 4.78 is 11.1. The van der Waals surface area contributed by atoms with Gasteiger partial charge in [0.05, 0.1) is 6.61 Å². The van der Waals surface area contributed by atoms with Crippen LogP contribution in [0, 0.1) is 13.8 Å². The zero-order chi connectivity index (χ0) is 15.9. The van der Waals surface area contributed by atoms with E-state index in [1.54, 1.807) is 0 Å². The van der Waals surface area contributed by atoms with Crippen LogP contribution in [0.15, 0.2) is 30.3 Å². The highest BCUT2D eigenvalue weighted by molar-refractivity contribution is 5.88. The molecule has 118 valence electrons. The SMILES string of the molecule is Cc1c(OC2O[C@H](CO)[C@@H](O)[C@H]2O)cc2ccccc2c1C. The van der Waals surface area contributed by atoms with Gasteiger partial charge in [0.1, 0.15) is 24.1 Å². The monoisotopic (exact) mass is 304 g/mol. The summed E-state index contributed by atoms with van der Waals surface area (Å²) >= 11 is 0. The highest BCUT2D eigenvalue weighted by Gasteiger charge is 2.44. The quantitative estimate of drug-likeness (QED) is 0.796. The molecule has 1 aliphatic heterocycles. The third kappa shape index (κ3) is 2.46. The Hall–Kier alpha value is -1.66. The second-order valence-corrected chi connectivity index (χ2v) is 5.67. The van der Waals surface area contributed by atoms with Crippen LogP contribution in [0.25, 0.3) is 10.8 Å². The fraction of sp³-hybridized carbons (Fsp3) is 0.412. The Kier molecular flexibility index (Phi) is 4.06. The van der Waals surface area contributed by atoms with Gasteiger partial charge >= 0.3 is 0 Å². The number of benzene rings is 2. The molecule has 2 aromatic rings. The highest BCUT2D eigenvalue weighted by atomic mass is 16.7. The van der Waals surface area contributed by atoms with Crippen molar-refractivity contribution in [2.24, 2.45) is 0 Å². The average Bonchev–Trinajstić information content (AvgIpc) is 2.80. The molecule has 1 saturated heterocycles. The van der Waals surface area contributed by atoms with Crippen molar-refractivity contribution in [3.8, 4) is 5.75 Å². The lowest BCUT2D eigenvalue weighted by molar-refractivity contribution is -0.116. The Morgan fingerprint density at radius 2 is 1.82 bits per heavy atom. The Morgan fingerprint density at radius 3 is 2.50 bits per heavy atom. The van der Waals surface area contributed by atoms with Crippen molar-refractivity contribution in [2.75, 3.05) is 6.61 Å². The van der Waals surface area contributed by atoms with E-state index in [0.29, 0.717) is 5.75 Å². The molecule has 4 atom stereocenters. The van der Waals surface area contributed by atoms with Crippen LogP contribution < -0.4 is 4.74 Å². The molecule has 1 unspecified atom stereocenters. The summed E-state index contributed by atoms with van der Waals surface area (Å²) in [5.41, 5.74) is 2.05. The summed E-state index contributed by atoms with van der Waals surface area (Å²) in [6, 6.07) is 9.88. The van der Waals surface area contributed by atoms with Gasteiger partial charge in [-0.1, -0.05) is 24.3 Å². The van der Waals surface area contributed by atoms with Crippen LogP contribution in [0.4, 0.5) is 0 Å². The Morgan fingerprint density at radius 1 is 1.09 bits per heavy atom. The number of hydrogen-bond acceptors (Lipinski definition) is 5. The predicted octanol–water partition coefficient (Wildman–Crippen LogP) is 1.27. The zero-order valence-corrected chi connectivity index (χ0v) is 12.6. The minimum atomic E-state index is -1.19. The van der Waals surface area contributed by atoms with E-state index < -0.39 is 24.6 Å². The molecule has 0 aromatic heterocycles. The molecule has 0 spiro atoms. The van der Waals surface area contributed by atoms with E-state index in [4.69, 9.17) is 14.6 Å². The highest BCUT2D eigenvalue weighted by Crippen LogP contribution is 2.32. The van der Waals surface area contributed by atoms with Crippen molar-refractivity contribution in [2.45, 2.75) is 38.4 Å². The van der Waals surface area contributed by atoms with Crippen LogP contribution in [0.5, 0.6) is 5.75 Å². The molecule has 0 aliphatic carbocycles. The van der Waals surface area contributed by atoms with E-state index in [1.807, 2.05) is 44.2 Å². The Bertz CT molecular complexity index is 684. The smallest absolute Gasteiger partial charge is 0.229 e. The van der Waals surface area contributed by atoms with Crippen molar-refractivity contribution >= 4 is 10.8 Å². The first kappa shape index (κ1) is 15.2. The maximum absolute atomic E-state index is 9.98. The van der Waals surface area contributed by atoms with Gasteiger partial charge in [0.15, 0.2) is 0 Å². The molecular formula is C17H20O5. The molecule has 22 heavy (non-hydrogen) atoms. The van der Waals surface area contributed by atoms with Crippen molar-refractivity contribution in [3.63, 3.8) is 0 Å². The first-order valence-corrected chi connectivity index (χ1v) is 7.31. The average molecular weight is 304 g/mol. The molecule has 0 saturated carbocycles. The van der Waals surface area contributed by atoms with Crippen molar-refractivity contribution in [1.82, 2.24) is 0 Å². The molecule has 0 radical (unpaired) electrons. The number of aryl methyl sites for hydroxylation is 1.